The van der Waals surface area contributed by atoms with Crippen molar-refractivity contribution in [1.82, 2.24) is 10.6 Å². The van der Waals surface area contributed by atoms with Gasteiger partial charge in [0.15, 0.2) is 0 Å². The molecule has 2 atom stereocenters. The number of fused-ring (bicyclic) bond motifs is 1. The monoisotopic (exact) mass is 477 g/mol. The third-order valence-electron chi connectivity index (χ3n) is 6.57. The number of carbonyl (C=O) groups excluding carboxylic acids is 4. The number of nitrogens with one attached hydrogen (secondary N) is 2. The third-order valence-corrected chi connectivity index (χ3v) is 6.57. The second kappa shape index (κ2) is 9.97. The average Bonchev–Trinajstić information content (AvgIpc) is 3.64. The molecule has 0 saturated carbocycles. The van der Waals surface area contributed by atoms with Gasteiger partial charge in [0.05, 0.1) is 29.0 Å². The van der Waals surface area contributed by atoms with Crippen LogP contribution in [0.2, 0.25) is 0 Å². The normalized spacial score (nSPS) is 21.3. The number of imide groups is 1. The Bertz CT molecular complexity index is 1150. The fraction of sp³-hybridized carbons (Fsp3) is 0.385. The fourth-order valence-corrected chi connectivity index (χ4v) is 4.61. The van der Waals surface area contributed by atoms with Crippen molar-refractivity contribution < 1.29 is 28.7 Å². The number of hydrogen-bond donors (Lipinski definition) is 2. The quantitative estimate of drug-likeness (QED) is 0.592. The van der Waals surface area contributed by atoms with Crippen LogP contribution < -0.4 is 15.5 Å². The Labute approximate surface area is 202 Å². The van der Waals surface area contributed by atoms with Gasteiger partial charge in [0, 0.05) is 37.4 Å². The minimum atomic E-state index is -0.505. The lowest BCUT2D eigenvalue weighted by Gasteiger charge is -2.15. The highest BCUT2D eigenvalue weighted by molar-refractivity contribution is 6.34. The van der Waals surface area contributed by atoms with Crippen LogP contribution in [0.25, 0.3) is 0 Å². The molecule has 35 heavy (non-hydrogen) atoms. The molecular formula is C26H27N3O6. The van der Waals surface area contributed by atoms with E-state index in [-0.39, 0.29) is 35.1 Å². The van der Waals surface area contributed by atoms with Crippen LogP contribution in [0.15, 0.2) is 42.5 Å². The van der Waals surface area contributed by atoms with E-state index in [1.54, 1.807) is 30.3 Å². The van der Waals surface area contributed by atoms with Gasteiger partial charge >= 0.3 is 0 Å². The maximum Gasteiger partial charge on any atom is 0.266 e. The molecule has 2 fully saturated rings. The van der Waals surface area contributed by atoms with Gasteiger partial charge in [-0.25, -0.2) is 4.90 Å². The molecule has 0 aliphatic carbocycles. The molecule has 2 aromatic carbocycles. The molecule has 9 heteroatoms. The topological polar surface area (TPSA) is 114 Å². The highest BCUT2D eigenvalue weighted by Crippen LogP contribution is 2.29. The first-order valence-electron chi connectivity index (χ1n) is 11.9. The van der Waals surface area contributed by atoms with Crippen molar-refractivity contribution in [3.8, 4) is 0 Å². The molecule has 182 valence electrons. The van der Waals surface area contributed by atoms with Gasteiger partial charge < -0.3 is 20.1 Å². The number of hydrogen-bond acceptors (Lipinski definition) is 6. The Kier molecular flexibility index (Phi) is 6.61. The number of ether oxygens (including phenoxy) is 2. The van der Waals surface area contributed by atoms with E-state index in [2.05, 4.69) is 10.6 Å². The van der Waals surface area contributed by atoms with E-state index in [1.807, 2.05) is 0 Å². The van der Waals surface area contributed by atoms with E-state index in [9.17, 15) is 19.2 Å². The van der Waals surface area contributed by atoms with Gasteiger partial charge in [-0.2, -0.15) is 0 Å². The third kappa shape index (κ3) is 4.82. The van der Waals surface area contributed by atoms with E-state index in [1.165, 1.54) is 12.1 Å². The fourth-order valence-electron chi connectivity index (χ4n) is 4.61. The van der Waals surface area contributed by atoms with Crippen molar-refractivity contribution in [2.24, 2.45) is 0 Å². The van der Waals surface area contributed by atoms with Crippen LogP contribution in [-0.4, -0.2) is 62.1 Å². The van der Waals surface area contributed by atoms with Crippen molar-refractivity contribution in [3.05, 3.63) is 64.7 Å². The number of rotatable bonds is 7. The van der Waals surface area contributed by atoms with Crippen LogP contribution in [0.5, 0.6) is 0 Å². The standard InChI is InChI=1S/C26H27N3O6/c30-23(27-14-19-3-1-11-34-19)16-5-8-18(9-6-16)29-25(32)21-10-7-17(13-22(21)26(29)33)24(31)28-15-20-4-2-12-35-20/h5-10,13,19-20H,1-4,11-12,14-15H2,(H,27,30)(H,28,31). The molecule has 9 nitrogen and oxygen atoms in total. The summed E-state index contributed by atoms with van der Waals surface area (Å²) in [6, 6.07) is 10.8. The Balaban J connectivity index is 1.25. The molecule has 0 bridgehead atoms. The molecule has 3 aliphatic rings. The van der Waals surface area contributed by atoms with E-state index < -0.39 is 11.8 Å². The Hall–Kier alpha value is -3.56. The number of anilines is 1. The second-order valence-electron chi connectivity index (χ2n) is 8.94. The average molecular weight is 478 g/mol. The van der Waals surface area contributed by atoms with E-state index >= 15 is 0 Å². The maximum absolute atomic E-state index is 13.1. The molecule has 0 spiro atoms. The second-order valence-corrected chi connectivity index (χ2v) is 8.94. The number of amides is 4. The molecule has 0 radical (unpaired) electrons. The predicted molar refractivity (Wildman–Crippen MR) is 127 cm³/mol. The summed E-state index contributed by atoms with van der Waals surface area (Å²) < 4.78 is 11.0. The van der Waals surface area contributed by atoms with Gasteiger partial charge in [-0.05, 0) is 68.1 Å². The SMILES string of the molecule is O=C(NCC1CCCO1)c1ccc(N2C(=O)c3ccc(C(=O)NCC4CCCO4)cc3C2=O)cc1. The van der Waals surface area contributed by atoms with Crippen molar-refractivity contribution in [1.29, 1.82) is 0 Å². The molecule has 3 heterocycles. The van der Waals surface area contributed by atoms with E-state index in [0.717, 1.165) is 37.2 Å². The summed E-state index contributed by atoms with van der Waals surface area (Å²) >= 11 is 0. The van der Waals surface area contributed by atoms with Crippen molar-refractivity contribution in [3.63, 3.8) is 0 Å². The molecule has 0 aromatic heterocycles. The van der Waals surface area contributed by atoms with Gasteiger partial charge in [-0.1, -0.05) is 0 Å². The summed E-state index contributed by atoms with van der Waals surface area (Å²) in [5.41, 5.74) is 1.51. The van der Waals surface area contributed by atoms with Gasteiger partial charge in [0.25, 0.3) is 23.6 Å². The zero-order chi connectivity index (χ0) is 24.4. The first kappa shape index (κ1) is 23.2. The highest BCUT2D eigenvalue weighted by atomic mass is 16.5. The number of nitrogens with zero attached hydrogens (tertiary/aromatic N) is 1. The minimum Gasteiger partial charge on any atom is -0.376 e. The van der Waals surface area contributed by atoms with Gasteiger partial charge in [0.1, 0.15) is 0 Å². The zero-order valence-electron chi connectivity index (χ0n) is 19.2. The van der Waals surface area contributed by atoms with Crippen LogP contribution in [-0.2, 0) is 9.47 Å². The number of benzene rings is 2. The number of carbonyl (C=O) groups is 4. The van der Waals surface area contributed by atoms with Crippen LogP contribution in [0.4, 0.5) is 5.69 Å². The first-order valence-corrected chi connectivity index (χ1v) is 11.9. The van der Waals surface area contributed by atoms with Crippen LogP contribution >= 0.6 is 0 Å². The van der Waals surface area contributed by atoms with Gasteiger partial charge in [-0.3, -0.25) is 19.2 Å². The first-order chi connectivity index (χ1) is 17.0. The highest BCUT2D eigenvalue weighted by Gasteiger charge is 2.37. The molecular weight excluding hydrogens is 450 g/mol. The Morgan fingerprint density at radius 3 is 1.89 bits per heavy atom. The lowest BCUT2D eigenvalue weighted by atomic mass is 10.1. The summed E-state index contributed by atoms with van der Waals surface area (Å²) in [6.07, 6.45) is 3.86. The minimum absolute atomic E-state index is 0.00757. The molecule has 3 aliphatic heterocycles. The molecule has 4 amide bonds. The Morgan fingerprint density at radius 2 is 1.31 bits per heavy atom. The lowest BCUT2D eigenvalue weighted by Crippen LogP contribution is -2.32. The predicted octanol–water partition coefficient (Wildman–Crippen LogP) is 2.30. The maximum atomic E-state index is 13.1. The summed E-state index contributed by atoms with van der Waals surface area (Å²) in [6.45, 7) is 2.27. The lowest BCUT2D eigenvalue weighted by molar-refractivity contribution is 0.0854. The van der Waals surface area contributed by atoms with Crippen LogP contribution in [0.3, 0.4) is 0 Å². The van der Waals surface area contributed by atoms with Crippen molar-refractivity contribution in [2.45, 2.75) is 37.9 Å². The van der Waals surface area contributed by atoms with Crippen LogP contribution in [0, 0.1) is 0 Å². The summed E-state index contributed by atoms with van der Waals surface area (Å²) in [5, 5.41) is 5.68. The zero-order valence-corrected chi connectivity index (χ0v) is 19.2. The molecule has 2 unspecified atom stereocenters. The smallest absolute Gasteiger partial charge is 0.266 e. The van der Waals surface area contributed by atoms with Crippen molar-refractivity contribution >= 4 is 29.3 Å². The molecule has 2 N–H and O–H groups in total. The van der Waals surface area contributed by atoms with Crippen LogP contribution in [0.1, 0.15) is 67.1 Å². The van der Waals surface area contributed by atoms with Gasteiger partial charge in [-0.15, -0.1) is 0 Å². The van der Waals surface area contributed by atoms with E-state index in [0.29, 0.717) is 36.5 Å². The van der Waals surface area contributed by atoms with Crippen molar-refractivity contribution in [2.75, 3.05) is 31.2 Å². The van der Waals surface area contributed by atoms with Gasteiger partial charge in [0.2, 0.25) is 0 Å². The molecule has 2 saturated heterocycles. The summed E-state index contributed by atoms with van der Waals surface area (Å²) in [7, 11) is 0. The molecule has 5 rings (SSSR count). The van der Waals surface area contributed by atoms with E-state index in [4.69, 9.17) is 9.47 Å². The molecule has 2 aromatic rings. The largest absolute Gasteiger partial charge is 0.376 e. The summed E-state index contributed by atoms with van der Waals surface area (Å²) in [5.74, 6) is -1.53. The Morgan fingerprint density at radius 1 is 0.771 bits per heavy atom. The summed E-state index contributed by atoms with van der Waals surface area (Å²) in [4.78, 5) is 52.1.